The van der Waals surface area contributed by atoms with Crippen molar-refractivity contribution in [2.24, 2.45) is 0 Å². The Bertz CT molecular complexity index is 923. The molecule has 3 rings (SSSR count). The molecule has 0 saturated heterocycles. The number of aromatic nitrogens is 1. The van der Waals surface area contributed by atoms with Gasteiger partial charge in [-0.3, -0.25) is 20.4 Å². The lowest BCUT2D eigenvalue weighted by Crippen LogP contribution is -2.40. The number of hydrogen-bond donors (Lipinski definition) is 2. The predicted molar refractivity (Wildman–Crippen MR) is 93.5 cm³/mol. The van der Waals surface area contributed by atoms with Crippen molar-refractivity contribution in [1.29, 1.82) is 0 Å². The van der Waals surface area contributed by atoms with E-state index in [9.17, 15) is 9.59 Å². The first kappa shape index (κ1) is 16.0. The monoisotopic (exact) mass is 339 g/mol. The zero-order valence-corrected chi connectivity index (χ0v) is 13.6. The van der Waals surface area contributed by atoms with Crippen LogP contribution in [0.15, 0.2) is 54.6 Å². The molecule has 0 unspecified atom stereocenters. The molecule has 0 saturated carbocycles. The van der Waals surface area contributed by atoms with E-state index in [0.717, 1.165) is 5.56 Å². The zero-order chi connectivity index (χ0) is 17.1. The summed E-state index contributed by atoms with van der Waals surface area (Å²) in [6, 6.07) is 16.3. The molecule has 0 atom stereocenters. The van der Waals surface area contributed by atoms with Crippen LogP contribution in [0.3, 0.4) is 0 Å². The Hall–Kier alpha value is -2.92. The molecule has 3 aromatic rings. The van der Waals surface area contributed by atoms with Crippen LogP contribution in [0.4, 0.5) is 0 Å². The van der Waals surface area contributed by atoms with Crippen LogP contribution in [0.2, 0.25) is 5.02 Å². The Balaban J connectivity index is 2.10. The highest BCUT2D eigenvalue weighted by molar-refractivity contribution is 6.30. The van der Waals surface area contributed by atoms with Crippen LogP contribution in [0.1, 0.15) is 17.3 Å². The molecule has 1 heterocycles. The topological polar surface area (TPSA) is 71.1 Å². The van der Waals surface area contributed by atoms with Crippen LogP contribution in [0.25, 0.3) is 22.2 Å². The fourth-order valence-corrected chi connectivity index (χ4v) is 2.47. The van der Waals surface area contributed by atoms with Gasteiger partial charge in [0.25, 0.3) is 5.91 Å². The summed E-state index contributed by atoms with van der Waals surface area (Å²) in [6.07, 6.45) is 0. The van der Waals surface area contributed by atoms with E-state index in [1.54, 1.807) is 18.2 Å². The maximum atomic E-state index is 12.4. The predicted octanol–water partition coefficient (Wildman–Crippen LogP) is 3.34. The van der Waals surface area contributed by atoms with E-state index in [1.165, 1.54) is 6.92 Å². The molecule has 2 aromatic carbocycles. The number of nitrogens with one attached hydrogen (secondary N) is 2. The quantitative estimate of drug-likeness (QED) is 0.703. The van der Waals surface area contributed by atoms with Crippen molar-refractivity contribution >= 4 is 34.3 Å². The third-order valence-corrected chi connectivity index (χ3v) is 3.70. The molecule has 0 bridgehead atoms. The smallest absolute Gasteiger partial charge is 0.270 e. The van der Waals surface area contributed by atoms with E-state index in [1.807, 2.05) is 36.4 Å². The molecular formula is C18H14ClN3O2. The van der Waals surface area contributed by atoms with Crippen molar-refractivity contribution in [1.82, 2.24) is 15.8 Å². The molecule has 0 aliphatic rings. The number of amides is 2. The summed E-state index contributed by atoms with van der Waals surface area (Å²) in [4.78, 5) is 28.0. The van der Waals surface area contributed by atoms with E-state index in [2.05, 4.69) is 15.8 Å². The van der Waals surface area contributed by atoms with E-state index < -0.39 is 5.91 Å². The number of pyridine rings is 1. The number of nitrogens with zero attached hydrogens (tertiary/aromatic N) is 1. The lowest BCUT2D eigenvalue weighted by atomic mass is 10.0. The average molecular weight is 340 g/mol. The van der Waals surface area contributed by atoms with Crippen LogP contribution in [0.5, 0.6) is 0 Å². The van der Waals surface area contributed by atoms with Gasteiger partial charge < -0.3 is 0 Å². The first-order valence-electron chi connectivity index (χ1n) is 7.27. The molecule has 2 N–H and O–H groups in total. The van der Waals surface area contributed by atoms with Crippen molar-refractivity contribution in [2.75, 3.05) is 0 Å². The molecule has 24 heavy (non-hydrogen) atoms. The number of para-hydroxylation sites is 1. The van der Waals surface area contributed by atoms with Crippen molar-refractivity contribution in [2.45, 2.75) is 6.92 Å². The number of carbonyl (C=O) groups excluding carboxylic acids is 2. The first-order valence-corrected chi connectivity index (χ1v) is 7.65. The minimum atomic E-state index is -0.404. The molecule has 0 radical (unpaired) electrons. The minimum absolute atomic E-state index is 0.348. The molecule has 6 heteroatoms. The van der Waals surface area contributed by atoms with Gasteiger partial charge in [-0.1, -0.05) is 41.9 Å². The van der Waals surface area contributed by atoms with Gasteiger partial charge in [0.15, 0.2) is 0 Å². The number of benzene rings is 2. The summed E-state index contributed by atoms with van der Waals surface area (Å²) in [5, 5.41) is 1.33. The Morgan fingerprint density at radius 3 is 2.42 bits per heavy atom. The fraction of sp³-hybridized carbons (Fsp3) is 0.0556. The van der Waals surface area contributed by atoms with Crippen LogP contribution in [-0.2, 0) is 4.79 Å². The van der Waals surface area contributed by atoms with Gasteiger partial charge in [-0.15, -0.1) is 0 Å². The van der Waals surface area contributed by atoms with Gasteiger partial charge in [-0.25, -0.2) is 4.98 Å². The summed E-state index contributed by atoms with van der Waals surface area (Å²) >= 11 is 5.92. The van der Waals surface area contributed by atoms with Crippen LogP contribution in [0, 0.1) is 0 Å². The Labute approximate surface area is 143 Å². The minimum Gasteiger partial charge on any atom is -0.274 e. The van der Waals surface area contributed by atoms with Crippen molar-refractivity contribution in [3.8, 4) is 11.3 Å². The lowest BCUT2D eigenvalue weighted by molar-refractivity contribution is -0.119. The average Bonchev–Trinajstić information content (AvgIpc) is 2.59. The molecule has 2 amide bonds. The van der Waals surface area contributed by atoms with Crippen molar-refractivity contribution in [3.63, 3.8) is 0 Å². The number of hydrazine groups is 1. The zero-order valence-electron chi connectivity index (χ0n) is 12.8. The number of fused-ring (bicyclic) bond motifs is 1. The first-order chi connectivity index (χ1) is 11.5. The number of carbonyl (C=O) groups is 2. The second-order valence-corrected chi connectivity index (χ2v) is 5.65. The Morgan fingerprint density at radius 1 is 1.00 bits per heavy atom. The van der Waals surface area contributed by atoms with E-state index >= 15 is 0 Å². The second-order valence-electron chi connectivity index (χ2n) is 5.21. The summed E-state index contributed by atoms with van der Waals surface area (Å²) in [6.45, 7) is 1.32. The van der Waals surface area contributed by atoms with E-state index in [-0.39, 0.29) is 5.91 Å². The maximum absolute atomic E-state index is 12.4. The molecule has 5 nitrogen and oxygen atoms in total. The Kier molecular flexibility index (Phi) is 4.44. The van der Waals surface area contributed by atoms with Crippen molar-refractivity contribution in [3.05, 3.63) is 65.2 Å². The van der Waals surface area contributed by atoms with Gasteiger partial charge in [-0.2, -0.15) is 0 Å². The summed E-state index contributed by atoms with van der Waals surface area (Å²) in [5.41, 5.74) is 7.31. The molecule has 0 aliphatic heterocycles. The summed E-state index contributed by atoms with van der Waals surface area (Å²) in [5.74, 6) is -0.751. The Morgan fingerprint density at radius 2 is 1.71 bits per heavy atom. The second kappa shape index (κ2) is 6.68. The standard InChI is InChI=1S/C18H14ClN3O2/c1-11(23)21-22-18(24)15-10-17(12-6-8-13(19)9-7-12)20-16-5-3-2-4-14(15)16/h2-10H,1H3,(H,21,23)(H,22,24). The molecular weight excluding hydrogens is 326 g/mol. The number of rotatable bonds is 2. The highest BCUT2D eigenvalue weighted by Gasteiger charge is 2.14. The van der Waals surface area contributed by atoms with Gasteiger partial charge in [-0.05, 0) is 24.3 Å². The number of hydrogen-bond acceptors (Lipinski definition) is 3. The number of halogens is 1. The van der Waals surface area contributed by atoms with E-state index in [0.29, 0.717) is 27.2 Å². The molecule has 0 aliphatic carbocycles. The van der Waals surface area contributed by atoms with Crippen LogP contribution >= 0.6 is 11.6 Å². The molecule has 0 fully saturated rings. The fourth-order valence-electron chi connectivity index (χ4n) is 2.34. The summed E-state index contributed by atoms with van der Waals surface area (Å²) < 4.78 is 0. The van der Waals surface area contributed by atoms with Crippen LogP contribution < -0.4 is 10.9 Å². The van der Waals surface area contributed by atoms with Crippen LogP contribution in [-0.4, -0.2) is 16.8 Å². The van der Waals surface area contributed by atoms with Gasteiger partial charge >= 0.3 is 0 Å². The van der Waals surface area contributed by atoms with Crippen molar-refractivity contribution < 1.29 is 9.59 Å². The lowest BCUT2D eigenvalue weighted by Gasteiger charge is -2.10. The highest BCUT2D eigenvalue weighted by atomic mass is 35.5. The SMILES string of the molecule is CC(=O)NNC(=O)c1cc(-c2ccc(Cl)cc2)nc2ccccc12. The third-order valence-electron chi connectivity index (χ3n) is 3.45. The van der Waals surface area contributed by atoms with E-state index in [4.69, 9.17) is 11.6 Å². The largest absolute Gasteiger partial charge is 0.274 e. The molecule has 120 valence electrons. The van der Waals surface area contributed by atoms with Gasteiger partial charge in [0.05, 0.1) is 16.8 Å². The third kappa shape index (κ3) is 3.36. The van der Waals surface area contributed by atoms with Gasteiger partial charge in [0.1, 0.15) is 0 Å². The molecule has 0 spiro atoms. The molecule has 1 aromatic heterocycles. The normalized spacial score (nSPS) is 10.4. The van der Waals surface area contributed by atoms with Gasteiger partial charge in [0, 0.05) is 22.9 Å². The van der Waals surface area contributed by atoms with Gasteiger partial charge in [0.2, 0.25) is 5.91 Å². The highest BCUT2D eigenvalue weighted by Crippen LogP contribution is 2.25. The summed E-state index contributed by atoms with van der Waals surface area (Å²) in [7, 11) is 0. The maximum Gasteiger partial charge on any atom is 0.270 e.